The van der Waals surface area contributed by atoms with Crippen LogP contribution in [0.5, 0.6) is 0 Å². The van der Waals surface area contributed by atoms with Crippen LogP contribution in [0.1, 0.15) is 40.2 Å². The first-order valence-electron chi connectivity index (χ1n) is 13.1. The van der Waals surface area contributed by atoms with Crippen molar-refractivity contribution < 1.29 is 9.18 Å². The molecule has 2 aromatic carbocycles. The minimum atomic E-state index is -0.280. The highest BCUT2D eigenvalue weighted by Crippen LogP contribution is 2.24. The van der Waals surface area contributed by atoms with Crippen LogP contribution in [0.3, 0.4) is 0 Å². The summed E-state index contributed by atoms with van der Waals surface area (Å²) in [6, 6.07) is 14.0. The van der Waals surface area contributed by atoms with Crippen LogP contribution in [-0.2, 0) is 19.3 Å². The molecule has 0 unspecified atom stereocenters. The van der Waals surface area contributed by atoms with Gasteiger partial charge in [0, 0.05) is 36.7 Å². The minimum absolute atomic E-state index is 0.106. The topological polar surface area (TPSA) is 113 Å². The Bertz CT molecular complexity index is 1620. The number of nitrogens with zero attached hydrogens (tertiary/aromatic N) is 5. The molecule has 5 aromatic rings. The molecule has 6 rings (SSSR count). The standard InChI is InChI=1S/C29H28FN7O2/c30-21-8-5-19(6-9-21)7-10-22-25(35-37(27(22)38)29-33-23-3-1-2-4-24(23)34-29)17-20-11-15-36(16-12-20)28(39)26-18-31-13-14-32-26/h1-6,8-9,13-14,18,20,35H,7,10-12,15-17H2,(H,33,34). The number of carbonyl (C=O) groups is 1. The highest BCUT2D eigenvalue weighted by Gasteiger charge is 2.27. The van der Waals surface area contributed by atoms with Crippen molar-refractivity contribution in [1.29, 1.82) is 0 Å². The molecule has 0 aliphatic carbocycles. The Morgan fingerprint density at radius 2 is 1.82 bits per heavy atom. The maximum absolute atomic E-state index is 13.6. The van der Waals surface area contributed by atoms with E-state index in [1.165, 1.54) is 29.2 Å². The summed E-state index contributed by atoms with van der Waals surface area (Å²) >= 11 is 0. The zero-order valence-corrected chi connectivity index (χ0v) is 21.3. The van der Waals surface area contributed by atoms with Gasteiger partial charge >= 0.3 is 0 Å². The highest BCUT2D eigenvalue weighted by molar-refractivity contribution is 5.92. The largest absolute Gasteiger partial charge is 0.337 e. The summed E-state index contributed by atoms with van der Waals surface area (Å²) in [5.41, 5.74) is 4.40. The van der Waals surface area contributed by atoms with Crippen molar-refractivity contribution in [3.63, 3.8) is 0 Å². The van der Waals surface area contributed by atoms with Gasteiger partial charge in [-0.05, 0) is 67.9 Å². The number of para-hydroxylation sites is 2. The Morgan fingerprint density at radius 3 is 2.56 bits per heavy atom. The molecule has 1 amide bonds. The summed E-state index contributed by atoms with van der Waals surface area (Å²) in [4.78, 5) is 44.2. The van der Waals surface area contributed by atoms with Crippen molar-refractivity contribution in [2.45, 2.75) is 32.1 Å². The fourth-order valence-corrected chi connectivity index (χ4v) is 5.26. The second-order valence-corrected chi connectivity index (χ2v) is 9.94. The van der Waals surface area contributed by atoms with E-state index in [9.17, 15) is 14.0 Å². The smallest absolute Gasteiger partial charge is 0.277 e. The quantitative estimate of drug-likeness (QED) is 0.335. The van der Waals surface area contributed by atoms with Crippen LogP contribution in [0.15, 0.2) is 71.9 Å². The van der Waals surface area contributed by atoms with Gasteiger partial charge in [-0.1, -0.05) is 24.3 Å². The molecule has 3 aromatic heterocycles. The molecule has 0 bridgehead atoms. The number of carbonyl (C=O) groups excluding carboxylic acids is 1. The molecule has 1 fully saturated rings. The lowest BCUT2D eigenvalue weighted by molar-refractivity contribution is 0.0683. The lowest BCUT2D eigenvalue weighted by Gasteiger charge is -2.31. The number of fused-ring (bicyclic) bond motifs is 1. The normalized spacial score (nSPS) is 14.2. The lowest BCUT2D eigenvalue weighted by atomic mass is 9.90. The second kappa shape index (κ2) is 10.6. The third-order valence-corrected chi connectivity index (χ3v) is 7.41. The number of likely N-dealkylation sites (tertiary alicyclic amines) is 1. The van der Waals surface area contributed by atoms with Gasteiger partial charge in [-0.15, -0.1) is 0 Å². The first-order valence-corrected chi connectivity index (χ1v) is 13.1. The summed E-state index contributed by atoms with van der Waals surface area (Å²) in [6.07, 6.45) is 8.04. The number of aromatic nitrogens is 6. The Kier molecular flexibility index (Phi) is 6.75. The molecular weight excluding hydrogens is 497 g/mol. The number of piperidine rings is 1. The minimum Gasteiger partial charge on any atom is -0.337 e. The van der Waals surface area contributed by atoms with E-state index in [1.54, 1.807) is 18.3 Å². The van der Waals surface area contributed by atoms with Gasteiger partial charge < -0.3 is 9.88 Å². The molecule has 9 nitrogen and oxygen atoms in total. The van der Waals surface area contributed by atoms with Crippen LogP contribution in [0.25, 0.3) is 17.0 Å². The SMILES string of the molecule is O=C(c1cnccn1)N1CCC(Cc2[nH]n(-c3nc4ccccc4[nH]3)c(=O)c2CCc2ccc(F)cc2)CC1. The average Bonchev–Trinajstić information content (AvgIpc) is 3.54. The van der Waals surface area contributed by atoms with Crippen molar-refractivity contribution in [3.05, 3.63) is 106 Å². The Morgan fingerprint density at radius 1 is 1.03 bits per heavy atom. The van der Waals surface area contributed by atoms with Crippen molar-refractivity contribution in [3.8, 4) is 5.95 Å². The van der Waals surface area contributed by atoms with Crippen molar-refractivity contribution >= 4 is 16.9 Å². The van der Waals surface area contributed by atoms with Crippen molar-refractivity contribution in [2.75, 3.05) is 13.1 Å². The molecule has 1 aliphatic heterocycles. The molecule has 0 spiro atoms. The monoisotopic (exact) mass is 525 g/mol. The number of hydrogen-bond donors (Lipinski definition) is 2. The summed E-state index contributed by atoms with van der Waals surface area (Å²) in [5.74, 6) is 0.367. The summed E-state index contributed by atoms with van der Waals surface area (Å²) in [6.45, 7) is 1.25. The Balaban J connectivity index is 1.23. The second-order valence-electron chi connectivity index (χ2n) is 9.94. The number of aromatic amines is 2. The Labute approximate surface area is 223 Å². The number of benzene rings is 2. The number of imidazole rings is 1. The maximum Gasteiger partial charge on any atom is 0.277 e. The molecule has 0 atom stereocenters. The molecule has 39 heavy (non-hydrogen) atoms. The van der Waals surface area contributed by atoms with E-state index >= 15 is 0 Å². The molecular formula is C29H28FN7O2. The molecule has 1 saturated heterocycles. The molecule has 4 heterocycles. The van der Waals surface area contributed by atoms with Gasteiger partial charge in [0.1, 0.15) is 11.5 Å². The van der Waals surface area contributed by atoms with E-state index in [2.05, 4.69) is 25.0 Å². The van der Waals surface area contributed by atoms with E-state index in [-0.39, 0.29) is 17.3 Å². The van der Waals surface area contributed by atoms with Crippen molar-refractivity contribution in [2.24, 2.45) is 5.92 Å². The van der Waals surface area contributed by atoms with E-state index in [4.69, 9.17) is 0 Å². The zero-order chi connectivity index (χ0) is 26.8. The molecule has 10 heteroatoms. The predicted molar refractivity (Wildman–Crippen MR) is 144 cm³/mol. The maximum atomic E-state index is 13.6. The van der Waals surface area contributed by atoms with Crippen LogP contribution in [0.2, 0.25) is 0 Å². The summed E-state index contributed by atoms with van der Waals surface area (Å²) in [5, 5.41) is 3.33. The van der Waals surface area contributed by atoms with Gasteiger partial charge in [0.25, 0.3) is 11.5 Å². The highest BCUT2D eigenvalue weighted by atomic mass is 19.1. The number of aryl methyl sites for hydroxylation is 1. The van der Waals surface area contributed by atoms with Gasteiger partial charge in [-0.3, -0.25) is 19.7 Å². The molecule has 198 valence electrons. The van der Waals surface area contributed by atoms with E-state index in [1.807, 2.05) is 29.2 Å². The first kappa shape index (κ1) is 24.7. The molecule has 1 aliphatic rings. The van der Waals surface area contributed by atoms with Gasteiger partial charge in [-0.25, -0.2) is 14.4 Å². The van der Waals surface area contributed by atoms with Gasteiger partial charge in [0.05, 0.1) is 17.2 Å². The number of nitrogens with one attached hydrogen (secondary N) is 2. The number of halogens is 1. The molecule has 0 saturated carbocycles. The first-order chi connectivity index (χ1) is 19.0. The molecule has 0 radical (unpaired) electrons. The molecule has 2 N–H and O–H groups in total. The van der Waals surface area contributed by atoms with Crippen LogP contribution >= 0.6 is 0 Å². The lowest BCUT2D eigenvalue weighted by Crippen LogP contribution is -2.39. The van der Waals surface area contributed by atoms with Crippen LogP contribution in [-0.4, -0.2) is 53.6 Å². The number of hydrogen-bond acceptors (Lipinski definition) is 5. The van der Waals surface area contributed by atoms with Crippen LogP contribution in [0.4, 0.5) is 4.39 Å². The van der Waals surface area contributed by atoms with Gasteiger partial charge in [0.2, 0.25) is 5.95 Å². The summed E-state index contributed by atoms with van der Waals surface area (Å²) < 4.78 is 14.9. The third kappa shape index (κ3) is 5.22. The van der Waals surface area contributed by atoms with E-state index in [0.717, 1.165) is 35.1 Å². The fourth-order valence-electron chi connectivity index (χ4n) is 5.26. The van der Waals surface area contributed by atoms with E-state index in [0.29, 0.717) is 55.5 Å². The van der Waals surface area contributed by atoms with E-state index < -0.39 is 0 Å². The fraction of sp³-hybridized carbons (Fsp3) is 0.276. The average molecular weight is 526 g/mol. The van der Waals surface area contributed by atoms with Crippen LogP contribution in [0, 0.1) is 11.7 Å². The zero-order valence-electron chi connectivity index (χ0n) is 21.3. The number of amides is 1. The number of rotatable bonds is 7. The summed E-state index contributed by atoms with van der Waals surface area (Å²) in [7, 11) is 0. The number of H-pyrrole nitrogens is 2. The predicted octanol–water partition coefficient (Wildman–Crippen LogP) is 3.85. The van der Waals surface area contributed by atoms with Crippen LogP contribution < -0.4 is 5.56 Å². The van der Waals surface area contributed by atoms with Crippen molar-refractivity contribution in [1.82, 2.24) is 34.6 Å². The Hall–Kier alpha value is -4.60. The third-order valence-electron chi connectivity index (χ3n) is 7.41. The van der Waals surface area contributed by atoms with Gasteiger partial charge in [0.15, 0.2) is 0 Å². The van der Waals surface area contributed by atoms with Gasteiger partial charge in [-0.2, -0.15) is 4.68 Å².